The molecule has 1 nitrogen and oxygen atoms in total. The predicted molar refractivity (Wildman–Crippen MR) is 60.4 cm³/mol. The van der Waals surface area contributed by atoms with Crippen LogP contribution in [-0.2, 0) is 0 Å². The summed E-state index contributed by atoms with van der Waals surface area (Å²) in [7, 11) is 0. The zero-order valence-electron chi connectivity index (χ0n) is 9.09. The highest BCUT2D eigenvalue weighted by atomic mass is 15.0. The summed E-state index contributed by atoms with van der Waals surface area (Å²) in [6, 6.07) is 9.92. The first-order valence-corrected chi connectivity index (χ1v) is 5.59. The van der Waals surface area contributed by atoms with Crippen LogP contribution in [0, 0.1) is 6.92 Å². The minimum Gasteiger partial charge on any atom is -0.307 e. The molecule has 0 saturated heterocycles. The third kappa shape index (κ3) is 1.98. The van der Waals surface area contributed by atoms with Gasteiger partial charge < -0.3 is 5.32 Å². The Morgan fingerprint density at radius 2 is 2.00 bits per heavy atom. The molecule has 0 amide bonds. The van der Waals surface area contributed by atoms with E-state index < -0.39 is 0 Å². The van der Waals surface area contributed by atoms with E-state index in [2.05, 4.69) is 43.4 Å². The van der Waals surface area contributed by atoms with Gasteiger partial charge in [-0.2, -0.15) is 0 Å². The molecule has 1 aromatic carbocycles. The molecule has 0 radical (unpaired) electrons. The lowest BCUT2D eigenvalue weighted by atomic mass is 9.91. The molecule has 0 spiro atoms. The second-order valence-corrected chi connectivity index (χ2v) is 4.37. The van der Waals surface area contributed by atoms with E-state index in [9.17, 15) is 0 Å². The van der Waals surface area contributed by atoms with Crippen molar-refractivity contribution in [3.8, 4) is 0 Å². The second kappa shape index (κ2) is 4.14. The van der Waals surface area contributed by atoms with Gasteiger partial charge in [0.05, 0.1) is 0 Å². The number of hydrogen-bond acceptors (Lipinski definition) is 1. The summed E-state index contributed by atoms with van der Waals surface area (Å²) < 4.78 is 0. The summed E-state index contributed by atoms with van der Waals surface area (Å²) >= 11 is 0. The van der Waals surface area contributed by atoms with Crippen LogP contribution in [0.5, 0.6) is 0 Å². The van der Waals surface area contributed by atoms with Gasteiger partial charge in [-0.05, 0) is 37.8 Å². The summed E-state index contributed by atoms with van der Waals surface area (Å²) in [4.78, 5) is 0. The normalized spacial score (nSPS) is 19.0. The van der Waals surface area contributed by atoms with Crippen molar-refractivity contribution in [2.75, 3.05) is 0 Å². The number of nitrogens with one attached hydrogen (secondary N) is 1. The molecular weight excluding hydrogens is 170 g/mol. The third-order valence-corrected chi connectivity index (χ3v) is 3.25. The van der Waals surface area contributed by atoms with Crippen LogP contribution < -0.4 is 5.32 Å². The Morgan fingerprint density at radius 1 is 1.29 bits per heavy atom. The van der Waals surface area contributed by atoms with Crippen molar-refractivity contribution in [2.24, 2.45) is 0 Å². The molecule has 1 aliphatic carbocycles. The molecule has 76 valence electrons. The topological polar surface area (TPSA) is 12.0 Å². The fourth-order valence-corrected chi connectivity index (χ4v) is 2.09. The average Bonchev–Trinajstić information content (AvgIpc) is 2.12. The first-order valence-electron chi connectivity index (χ1n) is 5.59. The lowest BCUT2D eigenvalue weighted by Gasteiger charge is -2.30. The summed E-state index contributed by atoms with van der Waals surface area (Å²) in [6.45, 7) is 4.45. The van der Waals surface area contributed by atoms with Gasteiger partial charge in [-0.25, -0.2) is 0 Å². The maximum Gasteiger partial charge on any atom is 0.0296 e. The molecule has 1 aromatic rings. The van der Waals surface area contributed by atoms with E-state index >= 15 is 0 Å². The Bertz CT molecular complexity index is 302. The standard InChI is InChI=1S/C13H19N/c1-10-6-3-4-9-13(10)11(2)14-12-7-5-8-12/h3-4,6,9,11-12,14H,5,7-8H2,1-2H3/t11-/m0/s1. The molecule has 14 heavy (non-hydrogen) atoms. The molecule has 0 aromatic heterocycles. The Hall–Kier alpha value is -0.820. The van der Waals surface area contributed by atoms with E-state index in [-0.39, 0.29) is 0 Å². The lowest BCUT2D eigenvalue weighted by molar-refractivity contribution is 0.313. The number of aryl methyl sites for hydroxylation is 1. The summed E-state index contributed by atoms with van der Waals surface area (Å²) in [5.74, 6) is 0. The van der Waals surface area contributed by atoms with Crippen LogP contribution in [0.3, 0.4) is 0 Å². The van der Waals surface area contributed by atoms with Gasteiger partial charge in [0.1, 0.15) is 0 Å². The van der Waals surface area contributed by atoms with E-state index in [0.29, 0.717) is 6.04 Å². The summed E-state index contributed by atoms with van der Waals surface area (Å²) in [5.41, 5.74) is 2.84. The zero-order valence-corrected chi connectivity index (χ0v) is 9.09. The molecule has 1 N–H and O–H groups in total. The first-order chi connectivity index (χ1) is 6.77. The van der Waals surface area contributed by atoms with E-state index in [1.807, 2.05) is 0 Å². The minimum atomic E-state index is 0.501. The predicted octanol–water partition coefficient (Wildman–Crippen LogP) is 3.20. The SMILES string of the molecule is Cc1ccccc1[C@H](C)NC1CCC1. The molecule has 0 heterocycles. The first kappa shape index (κ1) is 9.72. The van der Waals surface area contributed by atoms with Gasteiger partial charge in [-0.15, -0.1) is 0 Å². The molecule has 0 aliphatic heterocycles. The molecule has 1 saturated carbocycles. The van der Waals surface area contributed by atoms with Crippen molar-refractivity contribution in [1.82, 2.24) is 5.32 Å². The van der Waals surface area contributed by atoms with Gasteiger partial charge in [0, 0.05) is 12.1 Å². The Balaban J connectivity index is 2.02. The molecule has 2 rings (SSSR count). The summed E-state index contributed by atoms with van der Waals surface area (Å²) in [6.07, 6.45) is 4.12. The Kier molecular flexibility index (Phi) is 2.87. The fraction of sp³-hybridized carbons (Fsp3) is 0.538. The van der Waals surface area contributed by atoms with Crippen LogP contribution in [0.25, 0.3) is 0 Å². The molecule has 1 fully saturated rings. The molecule has 1 aliphatic rings. The van der Waals surface area contributed by atoms with E-state index in [1.54, 1.807) is 0 Å². The summed E-state index contributed by atoms with van der Waals surface area (Å²) in [5, 5.41) is 3.67. The van der Waals surface area contributed by atoms with E-state index in [4.69, 9.17) is 0 Å². The molecular formula is C13H19N. The van der Waals surface area contributed by atoms with Crippen molar-refractivity contribution in [2.45, 2.75) is 45.2 Å². The monoisotopic (exact) mass is 189 g/mol. The van der Waals surface area contributed by atoms with E-state index in [1.165, 1.54) is 30.4 Å². The largest absolute Gasteiger partial charge is 0.307 e. The van der Waals surface area contributed by atoms with Gasteiger partial charge in [-0.1, -0.05) is 30.7 Å². The van der Waals surface area contributed by atoms with Crippen molar-refractivity contribution in [3.05, 3.63) is 35.4 Å². The Labute approximate surface area is 86.5 Å². The van der Waals surface area contributed by atoms with Gasteiger partial charge in [0.15, 0.2) is 0 Å². The maximum atomic E-state index is 3.67. The highest BCUT2D eigenvalue weighted by Crippen LogP contribution is 2.23. The van der Waals surface area contributed by atoms with Crippen molar-refractivity contribution >= 4 is 0 Å². The molecule has 1 atom stereocenters. The molecule has 1 heteroatoms. The average molecular weight is 189 g/mol. The van der Waals surface area contributed by atoms with Crippen LogP contribution >= 0.6 is 0 Å². The Morgan fingerprint density at radius 3 is 2.57 bits per heavy atom. The van der Waals surface area contributed by atoms with Gasteiger partial charge in [-0.3, -0.25) is 0 Å². The number of rotatable bonds is 3. The second-order valence-electron chi connectivity index (χ2n) is 4.37. The third-order valence-electron chi connectivity index (χ3n) is 3.25. The minimum absolute atomic E-state index is 0.501. The van der Waals surface area contributed by atoms with Crippen molar-refractivity contribution < 1.29 is 0 Å². The smallest absolute Gasteiger partial charge is 0.0296 e. The number of hydrogen-bond donors (Lipinski definition) is 1. The van der Waals surface area contributed by atoms with Crippen LogP contribution in [0.4, 0.5) is 0 Å². The quantitative estimate of drug-likeness (QED) is 0.770. The van der Waals surface area contributed by atoms with Crippen LogP contribution in [0.15, 0.2) is 24.3 Å². The highest BCUT2D eigenvalue weighted by Gasteiger charge is 2.19. The zero-order chi connectivity index (χ0) is 9.97. The molecule has 0 unspecified atom stereocenters. The van der Waals surface area contributed by atoms with Crippen LogP contribution in [0.1, 0.15) is 43.4 Å². The van der Waals surface area contributed by atoms with Gasteiger partial charge >= 0.3 is 0 Å². The molecule has 0 bridgehead atoms. The van der Waals surface area contributed by atoms with Gasteiger partial charge in [0.25, 0.3) is 0 Å². The van der Waals surface area contributed by atoms with Crippen LogP contribution in [-0.4, -0.2) is 6.04 Å². The van der Waals surface area contributed by atoms with E-state index in [0.717, 1.165) is 6.04 Å². The fourth-order valence-electron chi connectivity index (χ4n) is 2.09. The highest BCUT2D eigenvalue weighted by molar-refractivity contribution is 5.28. The maximum absolute atomic E-state index is 3.67. The van der Waals surface area contributed by atoms with Crippen LogP contribution in [0.2, 0.25) is 0 Å². The van der Waals surface area contributed by atoms with Crippen molar-refractivity contribution in [1.29, 1.82) is 0 Å². The number of benzene rings is 1. The van der Waals surface area contributed by atoms with Crippen molar-refractivity contribution in [3.63, 3.8) is 0 Å². The van der Waals surface area contributed by atoms with Gasteiger partial charge in [0.2, 0.25) is 0 Å². The lowest BCUT2D eigenvalue weighted by Crippen LogP contribution is -2.36.